The van der Waals surface area contributed by atoms with Crippen LogP contribution in [0.1, 0.15) is 11.1 Å². The zero-order valence-electron chi connectivity index (χ0n) is 12.6. The minimum absolute atomic E-state index is 0.0815. The van der Waals surface area contributed by atoms with Crippen LogP contribution < -0.4 is 4.72 Å². The predicted molar refractivity (Wildman–Crippen MR) is 88.9 cm³/mol. The van der Waals surface area contributed by atoms with Crippen LogP contribution in [0.25, 0.3) is 0 Å². The molecule has 0 heterocycles. The maximum Gasteiger partial charge on any atom is 0.331 e. The van der Waals surface area contributed by atoms with Gasteiger partial charge in [0.05, 0.1) is 4.90 Å². The van der Waals surface area contributed by atoms with E-state index < -0.39 is 16.0 Å². The molecule has 2 aromatic carbocycles. The van der Waals surface area contributed by atoms with Crippen molar-refractivity contribution in [2.75, 3.05) is 4.72 Å². The third kappa shape index (κ3) is 4.43. The Hall–Kier alpha value is -2.60. The summed E-state index contributed by atoms with van der Waals surface area (Å²) in [5.74, 6) is -1.05. The quantitative estimate of drug-likeness (QED) is 0.797. The van der Waals surface area contributed by atoms with Gasteiger partial charge in [-0.25, -0.2) is 13.2 Å². The first-order valence-electron chi connectivity index (χ1n) is 6.87. The van der Waals surface area contributed by atoms with E-state index in [1.807, 2.05) is 6.92 Å². The summed E-state index contributed by atoms with van der Waals surface area (Å²) in [6.45, 7) is 5.35. The average molecular weight is 331 g/mol. The molecule has 0 radical (unpaired) electrons. The second kappa shape index (κ2) is 6.66. The number of hydrogen-bond donors (Lipinski definition) is 2. The zero-order valence-corrected chi connectivity index (χ0v) is 13.4. The van der Waals surface area contributed by atoms with Crippen LogP contribution in [-0.4, -0.2) is 19.5 Å². The average Bonchev–Trinajstić information content (AvgIpc) is 2.49. The van der Waals surface area contributed by atoms with Gasteiger partial charge in [0.15, 0.2) is 0 Å². The zero-order chi connectivity index (χ0) is 17.0. The van der Waals surface area contributed by atoms with Crippen molar-refractivity contribution >= 4 is 21.7 Å². The van der Waals surface area contributed by atoms with Crippen molar-refractivity contribution in [1.82, 2.24) is 0 Å². The van der Waals surface area contributed by atoms with Gasteiger partial charge in [-0.3, -0.25) is 4.72 Å². The molecule has 2 aromatic rings. The molecule has 0 saturated carbocycles. The highest BCUT2D eigenvalue weighted by atomic mass is 32.2. The molecule has 0 atom stereocenters. The van der Waals surface area contributed by atoms with Gasteiger partial charge in [0.1, 0.15) is 0 Å². The van der Waals surface area contributed by atoms with Gasteiger partial charge in [-0.15, -0.1) is 0 Å². The molecule has 2 N–H and O–H groups in total. The number of sulfonamides is 1. The molecule has 0 bridgehead atoms. The summed E-state index contributed by atoms with van der Waals surface area (Å²) in [6.07, 6.45) is 0.209. The van der Waals surface area contributed by atoms with Crippen molar-refractivity contribution in [3.63, 3.8) is 0 Å². The molecular weight excluding hydrogens is 314 g/mol. The molecule has 0 aliphatic rings. The van der Waals surface area contributed by atoms with E-state index in [9.17, 15) is 13.2 Å². The van der Waals surface area contributed by atoms with Crippen LogP contribution >= 0.6 is 0 Å². The van der Waals surface area contributed by atoms with Gasteiger partial charge in [-0.1, -0.05) is 36.4 Å². The first kappa shape index (κ1) is 16.8. The summed E-state index contributed by atoms with van der Waals surface area (Å²) in [5.41, 5.74) is 2.22. The summed E-state index contributed by atoms with van der Waals surface area (Å²) < 4.78 is 27.0. The number of carboxylic acids is 1. The second-order valence-corrected chi connectivity index (χ2v) is 6.88. The fraction of sp³-hybridized carbons (Fsp3) is 0.118. The molecule has 0 aliphatic carbocycles. The van der Waals surface area contributed by atoms with Crippen LogP contribution in [0.2, 0.25) is 0 Å². The Morgan fingerprint density at radius 1 is 1.09 bits per heavy atom. The molecule has 0 saturated heterocycles. The third-order valence-corrected chi connectivity index (χ3v) is 4.65. The number of carbonyl (C=O) groups is 1. The lowest BCUT2D eigenvalue weighted by Crippen LogP contribution is -2.12. The van der Waals surface area contributed by atoms with Crippen molar-refractivity contribution in [2.45, 2.75) is 18.2 Å². The first-order valence-corrected chi connectivity index (χ1v) is 8.36. The van der Waals surface area contributed by atoms with Gasteiger partial charge in [0, 0.05) is 17.7 Å². The molecule has 0 amide bonds. The van der Waals surface area contributed by atoms with Crippen molar-refractivity contribution < 1.29 is 18.3 Å². The van der Waals surface area contributed by atoms with E-state index >= 15 is 0 Å². The van der Waals surface area contributed by atoms with Gasteiger partial charge in [0.2, 0.25) is 0 Å². The maximum atomic E-state index is 12.3. The molecule has 120 valence electrons. The van der Waals surface area contributed by atoms with Gasteiger partial charge in [0.25, 0.3) is 10.0 Å². The number of benzene rings is 2. The minimum atomic E-state index is -3.64. The van der Waals surface area contributed by atoms with E-state index in [2.05, 4.69) is 11.3 Å². The fourth-order valence-corrected chi connectivity index (χ4v) is 3.00. The molecule has 0 fully saturated rings. The lowest BCUT2D eigenvalue weighted by atomic mass is 10.1. The van der Waals surface area contributed by atoms with Crippen molar-refractivity contribution in [3.05, 3.63) is 71.8 Å². The molecule has 0 unspecified atom stereocenters. The smallest absolute Gasteiger partial charge is 0.331 e. The number of nitrogens with one attached hydrogen (secondary N) is 1. The lowest BCUT2D eigenvalue weighted by Gasteiger charge is -2.09. The van der Waals surface area contributed by atoms with E-state index in [0.717, 1.165) is 11.1 Å². The van der Waals surface area contributed by atoms with E-state index in [1.54, 1.807) is 48.5 Å². The van der Waals surface area contributed by atoms with E-state index in [0.29, 0.717) is 5.69 Å². The Balaban J connectivity index is 2.12. The first-order chi connectivity index (χ1) is 10.8. The summed E-state index contributed by atoms with van der Waals surface area (Å²) in [7, 11) is -3.64. The molecule has 6 heteroatoms. The third-order valence-electron chi connectivity index (χ3n) is 3.26. The Bertz CT molecular complexity index is 822. The van der Waals surface area contributed by atoms with E-state index in [4.69, 9.17) is 5.11 Å². The van der Waals surface area contributed by atoms with E-state index in [-0.39, 0.29) is 16.9 Å². The van der Waals surface area contributed by atoms with Crippen LogP contribution in [0.5, 0.6) is 0 Å². The molecule has 2 rings (SSSR count). The van der Waals surface area contributed by atoms with E-state index in [1.165, 1.54) is 0 Å². The lowest BCUT2D eigenvalue weighted by molar-refractivity contribution is -0.132. The van der Waals surface area contributed by atoms with Gasteiger partial charge < -0.3 is 5.11 Å². The Morgan fingerprint density at radius 3 is 2.17 bits per heavy atom. The van der Waals surface area contributed by atoms with Crippen molar-refractivity contribution in [1.29, 1.82) is 0 Å². The van der Waals surface area contributed by atoms with Crippen LogP contribution in [0.15, 0.2) is 65.6 Å². The molecule has 0 spiro atoms. The fourth-order valence-electron chi connectivity index (χ4n) is 1.94. The Labute approximate surface area is 135 Å². The highest BCUT2D eigenvalue weighted by Gasteiger charge is 2.13. The predicted octanol–water partition coefficient (Wildman–Crippen LogP) is 2.98. The highest BCUT2D eigenvalue weighted by Crippen LogP contribution is 2.18. The molecule has 0 aliphatic heterocycles. The standard InChI is InChI=1S/C17H17NO4S/c1-12-3-9-16(10-4-12)23(21,22)18-15-7-5-14(6-8-15)11-13(2)17(19)20/h3-10,18H,2,11H2,1H3,(H,19,20). The van der Waals surface area contributed by atoms with Crippen LogP contribution in [0.3, 0.4) is 0 Å². The van der Waals surface area contributed by atoms with Crippen LogP contribution in [0, 0.1) is 6.92 Å². The summed E-state index contributed by atoms with van der Waals surface area (Å²) in [5, 5.41) is 8.81. The molecule has 0 aromatic heterocycles. The number of aryl methyl sites for hydroxylation is 1. The van der Waals surface area contributed by atoms with Gasteiger partial charge >= 0.3 is 5.97 Å². The number of carboxylic acid groups (broad SMARTS) is 1. The number of aliphatic carboxylic acids is 1. The Kier molecular flexibility index (Phi) is 4.86. The molecular formula is C17H17NO4S. The number of rotatable bonds is 6. The Morgan fingerprint density at radius 2 is 1.65 bits per heavy atom. The monoisotopic (exact) mass is 331 g/mol. The van der Waals surface area contributed by atoms with Gasteiger partial charge in [-0.2, -0.15) is 0 Å². The largest absolute Gasteiger partial charge is 0.478 e. The number of anilines is 1. The van der Waals surface area contributed by atoms with Crippen LogP contribution in [0.4, 0.5) is 5.69 Å². The molecule has 23 heavy (non-hydrogen) atoms. The summed E-state index contributed by atoms with van der Waals surface area (Å²) in [4.78, 5) is 10.9. The topological polar surface area (TPSA) is 83.5 Å². The summed E-state index contributed by atoms with van der Waals surface area (Å²) in [6, 6.07) is 13.1. The normalized spacial score (nSPS) is 11.0. The maximum absolute atomic E-state index is 12.3. The highest BCUT2D eigenvalue weighted by molar-refractivity contribution is 7.92. The number of hydrogen-bond acceptors (Lipinski definition) is 3. The summed E-state index contributed by atoms with van der Waals surface area (Å²) >= 11 is 0. The van der Waals surface area contributed by atoms with Crippen molar-refractivity contribution in [3.8, 4) is 0 Å². The second-order valence-electron chi connectivity index (χ2n) is 5.20. The van der Waals surface area contributed by atoms with Crippen molar-refractivity contribution in [2.24, 2.45) is 0 Å². The minimum Gasteiger partial charge on any atom is -0.478 e. The van der Waals surface area contributed by atoms with Gasteiger partial charge in [-0.05, 0) is 36.8 Å². The molecule has 5 nitrogen and oxygen atoms in total. The van der Waals surface area contributed by atoms with Crippen LogP contribution in [-0.2, 0) is 21.2 Å². The SMILES string of the molecule is C=C(Cc1ccc(NS(=O)(=O)c2ccc(C)cc2)cc1)C(=O)O.